The van der Waals surface area contributed by atoms with Gasteiger partial charge in [-0.25, -0.2) is 0 Å². The number of carbonyl (C=O) groups excluding carboxylic acids is 5. The van der Waals surface area contributed by atoms with E-state index in [-0.39, 0.29) is 19.6 Å². The maximum absolute atomic E-state index is 11.8. The van der Waals surface area contributed by atoms with Crippen LogP contribution in [0.25, 0.3) is 0 Å². The standard InChI is InChI=1S/C16H23NO10/c1-8(18)17-6-14(22)27-15-5-12(24-10(3)20)16(25-11(4)21)13(26-15)7-23-9(2)19/h12-13,15-16H,5-7H2,1-4H3,(H,17,18)/t12-,13-,15-,16+/m1/s1. The van der Waals surface area contributed by atoms with E-state index in [1.165, 1.54) is 20.8 Å². The fourth-order valence-electron chi connectivity index (χ4n) is 2.36. The molecule has 0 aromatic rings. The molecule has 11 heteroatoms. The molecule has 1 aliphatic rings. The largest absolute Gasteiger partial charge is 0.463 e. The fraction of sp³-hybridized carbons (Fsp3) is 0.688. The van der Waals surface area contributed by atoms with Gasteiger partial charge in [-0.1, -0.05) is 0 Å². The van der Waals surface area contributed by atoms with Crippen LogP contribution in [0.5, 0.6) is 0 Å². The molecular weight excluding hydrogens is 366 g/mol. The molecule has 0 aliphatic carbocycles. The highest BCUT2D eigenvalue weighted by Gasteiger charge is 2.45. The number of carbonyl (C=O) groups is 5. The van der Waals surface area contributed by atoms with E-state index in [1.54, 1.807) is 0 Å². The number of hydrogen-bond donors (Lipinski definition) is 1. The molecule has 0 bridgehead atoms. The van der Waals surface area contributed by atoms with Gasteiger partial charge >= 0.3 is 23.9 Å². The van der Waals surface area contributed by atoms with Crippen LogP contribution < -0.4 is 5.32 Å². The fourth-order valence-corrected chi connectivity index (χ4v) is 2.36. The van der Waals surface area contributed by atoms with E-state index in [2.05, 4.69) is 5.32 Å². The highest BCUT2D eigenvalue weighted by Crippen LogP contribution is 2.27. The van der Waals surface area contributed by atoms with Gasteiger partial charge in [0.05, 0.1) is 6.42 Å². The molecule has 0 radical (unpaired) electrons. The average Bonchev–Trinajstić information content (AvgIpc) is 2.52. The lowest BCUT2D eigenvalue weighted by atomic mass is 10.0. The second-order valence-corrected chi connectivity index (χ2v) is 5.76. The highest BCUT2D eigenvalue weighted by molar-refractivity contribution is 5.80. The number of amides is 1. The second-order valence-electron chi connectivity index (χ2n) is 5.76. The van der Waals surface area contributed by atoms with Gasteiger partial charge < -0.3 is 29.0 Å². The van der Waals surface area contributed by atoms with Crippen LogP contribution in [0.15, 0.2) is 0 Å². The first kappa shape index (κ1) is 22.4. The number of ether oxygens (including phenoxy) is 5. The zero-order valence-corrected chi connectivity index (χ0v) is 15.5. The van der Waals surface area contributed by atoms with E-state index in [0.29, 0.717) is 0 Å². The van der Waals surface area contributed by atoms with E-state index in [4.69, 9.17) is 23.7 Å². The molecule has 1 aliphatic heterocycles. The molecule has 0 spiro atoms. The number of rotatable bonds is 7. The molecule has 152 valence electrons. The molecule has 0 aromatic heterocycles. The van der Waals surface area contributed by atoms with Crippen molar-refractivity contribution < 1.29 is 47.7 Å². The molecule has 1 N–H and O–H groups in total. The molecule has 1 heterocycles. The van der Waals surface area contributed by atoms with Gasteiger partial charge in [0.2, 0.25) is 12.2 Å². The summed E-state index contributed by atoms with van der Waals surface area (Å²) in [6.45, 7) is 4.05. The Morgan fingerprint density at radius 3 is 2.07 bits per heavy atom. The summed E-state index contributed by atoms with van der Waals surface area (Å²) in [6.07, 6.45) is -4.35. The first-order valence-electron chi connectivity index (χ1n) is 8.15. The molecule has 0 unspecified atom stereocenters. The van der Waals surface area contributed by atoms with Crippen molar-refractivity contribution in [3.8, 4) is 0 Å². The Bertz CT molecular complexity index is 590. The predicted molar refractivity (Wildman–Crippen MR) is 85.8 cm³/mol. The van der Waals surface area contributed by atoms with Crippen LogP contribution in [-0.4, -0.2) is 67.5 Å². The maximum atomic E-state index is 11.8. The Labute approximate surface area is 155 Å². The van der Waals surface area contributed by atoms with Gasteiger partial charge in [-0.05, 0) is 0 Å². The van der Waals surface area contributed by atoms with Crippen LogP contribution in [0.3, 0.4) is 0 Å². The Morgan fingerprint density at radius 1 is 0.926 bits per heavy atom. The van der Waals surface area contributed by atoms with Gasteiger partial charge in [-0.3, -0.25) is 24.0 Å². The average molecular weight is 389 g/mol. The lowest BCUT2D eigenvalue weighted by Crippen LogP contribution is -2.54. The van der Waals surface area contributed by atoms with Crippen molar-refractivity contribution in [2.75, 3.05) is 13.2 Å². The van der Waals surface area contributed by atoms with E-state index in [1.807, 2.05) is 0 Å². The van der Waals surface area contributed by atoms with Crippen molar-refractivity contribution in [3.05, 3.63) is 0 Å². The quantitative estimate of drug-likeness (QED) is 0.434. The first-order valence-corrected chi connectivity index (χ1v) is 8.15. The normalized spacial score (nSPS) is 24.3. The van der Waals surface area contributed by atoms with Crippen LogP contribution in [0.1, 0.15) is 34.1 Å². The number of nitrogens with one attached hydrogen (secondary N) is 1. The monoisotopic (exact) mass is 389 g/mol. The Balaban J connectivity index is 2.90. The minimum absolute atomic E-state index is 0.111. The van der Waals surface area contributed by atoms with E-state index in [0.717, 1.165) is 6.92 Å². The summed E-state index contributed by atoms with van der Waals surface area (Å²) in [5, 5.41) is 2.27. The molecule has 1 amide bonds. The molecule has 0 aromatic carbocycles. The molecule has 4 atom stereocenters. The van der Waals surface area contributed by atoms with E-state index >= 15 is 0 Å². The van der Waals surface area contributed by atoms with Crippen LogP contribution in [0.4, 0.5) is 0 Å². The predicted octanol–water partition coefficient (Wildman–Crippen LogP) is -0.793. The lowest BCUT2D eigenvalue weighted by Gasteiger charge is -2.39. The zero-order valence-electron chi connectivity index (χ0n) is 15.5. The third-order valence-electron chi connectivity index (χ3n) is 3.30. The van der Waals surface area contributed by atoms with Crippen molar-refractivity contribution >= 4 is 29.8 Å². The van der Waals surface area contributed by atoms with Crippen LogP contribution >= 0.6 is 0 Å². The van der Waals surface area contributed by atoms with Crippen molar-refractivity contribution in [2.24, 2.45) is 0 Å². The van der Waals surface area contributed by atoms with Gasteiger partial charge in [0.15, 0.2) is 6.10 Å². The Kier molecular flexibility index (Phi) is 8.66. The highest BCUT2D eigenvalue weighted by atomic mass is 16.7. The summed E-state index contributed by atoms with van der Waals surface area (Å²) >= 11 is 0. The molecule has 27 heavy (non-hydrogen) atoms. The van der Waals surface area contributed by atoms with Crippen molar-refractivity contribution in [3.63, 3.8) is 0 Å². The number of hydrogen-bond acceptors (Lipinski definition) is 10. The van der Waals surface area contributed by atoms with Crippen molar-refractivity contribution in [1.82, 2.24) is 5.32 Å². The Hall–Kier alpha value is -2.69. The molecule has 0 saturated carbocycles. The molecule has 1 rings (SSSR count). The second kappa shape index (κ2) is 10.5. The molecule has 1 fully saturated rings. The van der Waals surface area contributed by atoms with Crippen molar-refractivity contribution in [2.45, 2.75) is 58.7 Å². The summed E-state index contributed by atoms with van der Waals surface area (Å²) in [5.74, 6) is -3.11. The SMILES string of the molecule is CC(=O)NCC(=O)O[C@@H]1C[C@@H](OC(C)=O)[C@H](OC(C)=O)[C@@H](COC(C)=O)O1. The van der Waals surface area contributed by atoms with Gasteiger partial charge in [0, 0.05) is 27.7 Å². The van der Waals surface area contributed by atoms with Crippen molar-refractivity contribution in [1.29, 1.82) is 0 Å². The first-order chi connectivity index (χ1) is 12.6. The molecule has 1 saturated heterocycles. The minimum atomic E-state index is -1.16. The lowest BCUT2D eigenvalue weighted by molar-refractivity contribution is -0.260. The molecular formula is C16H23NO10. The third-order valence-corrected chi connectivity index (χ3v) is 3.30. The molecule has 11 nitrogen and oxygen atoms in total. The summed E-state index contributed by atoms with van der Waals surface area (Å²) in [5.41, 5.74) is 0. The van der Waals surface area contributed by atoms with E-state index in [9.17, 15) is 24.0 Å². The maximum Gasteiger partial charge on any atom is 0.327 e. The topological polar surface area (TPSA) is 144 Å². The van der Waals surface area contributed by atoms with Gasteiger partial charge in [0.1, 0.15) is 25.4 Å². The van der Waals surface area contributed by atoms with Crippen LogP contribution in [0.2, 0.25) is 0 Å². The smallest absolute Gasteiger partial charge is 0.327 e. The third kappa shape index (κ3) is 8.49. The van der Waals surface area contributed by atoms with Gasteiger partial charge in [-0.2, -0.15) is 0 Å². The Morgan fingerprint density at radius 2 is 1.56 bits per heavy atom. The van der Waals surface area contributed by atoms with Crippen LogP contribution in [-0.2, 0) is 47.7 Å². The summed E-state index contributed by atoms with van der Waals surface area (Å²) in [7, 11) is 0. The van der Waals surface area contributed by atoms with E-state index < -0.39 is 54.4 Å². The number of esters is 4. The minimum Gasteiger partial charge on any atom is -0.463 e. The summed E-state index contributed by atoms with van der Waals surface area (Å²) in [4.78, 5) is 56.5. The summed E-state index contributed by atoms with van der Waals surface area (Å²) < 4.78 is 25.8. The zero-order chi connectivity index (χ0) is 20.6. The van der Waals surface area contributed by atoms with Crippen LogP contribution in [0, 0.1) is 0 Å². The summed E-state index contributed by atoms with van der Waals surface area (Å²) in [6, 6.07) is 0. The van der Waals surface area contributed by atoms with Gasteiger partial charge in [-0.15, -0.1) is 0 Å². The van der Waals surface area contributed by atoms with Gasteiger partial charge in [0.25, 0.3) is 0 Å².